The van der Waals surface area contributed by atoms with Gasteiger partial charge < -0.3 is 0 Å². The average molecular weight is 551 g/mol. The molecule has 0 aromatic heterocycles. The molecule has 0 bridgehead atoms. The van der Waals surface area contributed by atoms with Gasteiger partial charge in [-0.25, -0.2) is 0 Å². The second kappa shape index (κ2) is 11.0. The van der Waals surface area contributed by atoms with E-state index in [0.717, 1.165) is 5.56 Å². The molecule has 7 aromatic rings. The van der Waals surface area contributed by atoms with E-state index in [4.69, 9.17) is 0 Å². The van der Waals surface area contributed by atoms with Crippen LogP contribution in [0.1, 0.15) is 5.56 Å². The van der Waals surface area contributed by atoms with Crippen LogP contribution in [0.3, 0.4) is 0 Å². The fourth-order valence-electron chi connectivity index (χ4n) is 6.08. The van der Waals surface area contributed by atoms with Gasteiger partial charge in [-0.3, -0.25) is 0 Å². The van der Waals surface area contributed by atoms with Crippen molar-refractivity contribution in [2.75, 3.05) is 0 Å². The first kappa shape index (κ1) is 25.8. The lowest BCUT2D eigenvalue weighted by Gasteiger charge is -2.22. The molecule has 0 unspecified atom stereocenters. The van der Waals surface area contributed by atoms with Gasteiger partial charge in [-0.05, 0) is 60.2 Å². The molecular formula is C41H30Si. The van der Waals surface area contributed by atoms with Gasteiger partial charge in [-0.2, -0.15) is 0 Å². The molecule has 0 N–H and O–H groups in total. The Hall–Kier alpha value is -5.16. The zero-order valence-corrected chi connectivity index (χ0v) is 24.6. The highest BCUT2D eigenvalue weighted by molar-refractivity contribution is 7.07. The fraction of sp³-hybridized carbons (Fsp3) is 0.0244. The van der Waals surface area contributed by atoms with Crippen molar-refractivity contribution in [2.24, 2.45) is 0 Å². The first-order chi connectivity index (χ1) is 20.7. The number of hydrogen-bond acceptors (Lipinski definition) is 0. The Morgan fingerprint density at radius 3 is 1.48 bits per heavy atom. The van der Waals surface area contributed by atoms with Gasteiger partial charge in [0.2, 0.25) is 0 Å². The Kier molecular flexibility index (Phi) is 6.76. The van der Waals surface area contributed by atoms with Crippen LogP contribution in [0.15, 0.2) is 164 Å². The molecule has 0 amide bonds. The molecule has 0 aliphatic rings. The van der Waals surface area contributed by atoms with E-state index in [0.29, 0.717) is 0 Å². The van der Waals surface area contributed by atoms with Gasteiger partial charge in [0, 0.05) is 5.56 Å². The third-order valence-corrected chi connectivity index (χ3v) is 11.9. The summed E-state index contributed by atoms with van der Waals surface area (Å²) >= 11 is 0. The predicted molar refractivity (Wildman–Crippen MR) is 183 cm³/mol. The molecule has 198 valence electrons. The first-order valence-electron chi connectivity index (χ1n) is 14.5. The van der Waals surface area contributed by atoms with Crippen molar-refractivity contribution in [1.82, 2.24) is 0 Å². The maximum Gasteiger partial charge on any atom is 0.196 e. The van der Waals surface area contributed by atoms with E-state index >= 15 is 0 Å². The Bertz CT molecular complexity index is 2030. The summed E-state index contributed by atoms with van der Waals surface area (Å²) in [5.41, 5.74) is 9.93. The lowest BCUT2D eigenvalue weighted by molar-refractivity contribution is 1.63. The molecular weight excluding hydrogens is 521 g/mol. The van der Waals surface area contributed by atoms with Gasteiger partial charge in [0.1, 0.15) is 0 Å². The van der Waals surface area contributed by atoms with Crippen molar-refractivity contribution in [3.05, 3.63) is 169 Å². The van der Waals surface area contributed by atoms with Gasteiger partial charge in [0.15, 0.2) is 8.07 Å². The van der Waals surface area contributed by atoms with Crippen LogP contribution in [0, 0.1) is 11.5 Å². The Balaban J connectivity index is 1.55. The van der Waals surface area contributed by atoms with Gasteiger partial charge in [0.25, 0.3) is 0 Å². The number of benzene rings is 7. The minimum atomic E-state index is -2.36. The molecule has 0 aliphatic carbocycles. The second-order valence-electron chi connectivity index (χ2n) is 10.9. The minimum absolute atomic E-state index is 1.10. The molecule has 0 saturated carbocycles. The summed E-state index contributed by atoms with van der Waals surface area (Å²) in [6, 6.07) is 58.8. The summed E-state index contributed by atoms with van der Waals surface area (Å²) in [6.45, 7) is 2.38. The van der Waals surface area contributed by atoms with Crippen LogP contribution in [0.2, 0.25) is 6.55 Å². The van der Waals surface area contributed by atoms with Crippen molar-refractivity contribution < 1.29 is 0 Å². The van der Waals surface area contributed by atoms with E-state index < -0.39 is 8.07 Å². The maximum atomic E-state index is 3.92. The highest BCUT2D eigenvalue weighted by Crippen LogP contribution is 2.40. The minimum Gasteiger partial charge on any atom is -0.115 e. The smallest absolute Gasteiger partial charge is 0.115 e. The van der Waals surface area contributed by atoms with Gasteiger partial charge in [-0.15, -0.1) is 5.54 Å². The van der Waals surface area contributed by atoms with E-state index in [2.05, 4.69) is 182 Å². The third-order valence-electron chi connectivity index (χ3n) is 8.33. The molecule has 0 fully saturated rings. The monoisotopic (exact) mass is 550 g/mol. The standard InChI is InChI=1S/C41H30Si/c1-42(34-20-10-4-11-21-34,35-22-12-5-13-23-35)29-28-38-36-24-14-15-25-39(36)41(32-18-8-3-9-19-32)40-30-33(26-27-37(38)40)31-16-6-2-7-17-31/h2-27,30H,1H3. The van der Waals surface area contributed by atoms with Crippen molar-refractivity contribution in [2.45, 2.75) is 6.55 Å². The summed E-state index contributed by atoms with van der Waals surface area (Å²) in [6.07, 6.45) is 0. The van der Waals surface area contributed by atoms with Crippen molar-refractivity contribution in [1.29, 1.82) is 0 Å². The zero-order chi connectivity index (χ0) is 28.4. The van der Waals surface area contributed by atoms with Crippen molar-refractivity contribution in [3.8, 4) is 33.7 Å². The molecule has 0 heterocycles. The van der Waals surface area contributed by atoms with E-state index in [9.17, 15) is 0 Å². The molecule has 0 spiro atoms. The highest BCUT2D eigenvalue weighted by Gasteiger charge is 2.30. The van der Waals surface area contributed by atoms with Gasteiger partial charge in [-0.1, -0.05) is 170 Å². The van der Waals surface area contributed by atoms with Gasteiger partial charge in [0.05, 0.1) is 0 Å². The topological polar surface area (TPSA) is 0 Å². The highest BCUT2D eigenvalue weighted by atomic mass is 28.3. The van der Waals surface area contributed by atoms with E-state index in [1.165, 1.54) is 54.2 Å². The number of fused-ring (bicyclic) bond motifs is 2. The second-order valence-corrected chi connectivity index (χ2v) is 14.5. The quantitative estimate of drug-likeness (QED) is 0.116. The first-order valence-corrected chi connectivity index (χ1v) is 17.0. The predicted octanol–water partition coefficient (Wildman–Crippen LogP) is 9.11. The fourth-order valence-corrected chi connectivity index (χ4v) is 8.80. The molecule has 0 nitrogen and oxygen atoms in total. The van der Waals surface area contributed by atoms with Crippen molar-refractivity contribution >= 4 is 40.0 Å². The molecule has 0 atom stereocenters. The van der Waals surface area contributed by atoms with Crippen LogP contribution in [0.4, 0.5) is 0 Å². The molecule has 0 saturated heterocycles. The molecule has 0 aliphatic heterocycles. The van der Waals surface area contributed by atoms with E-state index in [1.54, 1.807) is 0 Å². The summed E-state index contributed by atoms with van der Waals surface area (Å²) in [5, 5.41) is 7.49. The maximum absolute atomic E-state index is 3.92. The molecule has 1 heteroatoms. The van der Waals surface area contributed by atoms with E-state index in [1.807, 2.05) is 0 Å². The molecule has 7 aromatic carbocycles. The Labute approximate surface area is 248 Å². The van der Waals surface area contributed by atoms with Crippen molar-refractivity contribution in [3.63, 3.8) is 0 Å². The van der Waals surface area contributed by atoms with E-state index in [-0.39, 0.29) is 0 Å². The van der Waals surface area contributed by atoms with Gasteiger partial charge >= 0.3 is 0 Å². The SMILES string of the molecule is C[Si](C#Cc1c2ccccc2c(-c2ccccc2)c2cc(-c3ccccc3)ccc12)(c1ccccc1)c1ccccc1. The molecule has 0 radical (unpaired) electrons. The van der Waals surface area contributed by atoms with Crippen LogP contribution >= 0.6 is 0 Å². The lowest BCUT2D eigenvalue weighted by atomic mass is 9.87. The summed E-state index contributed by atoms with van der Waals surface area (Å²) in [4.78, 5) is 0. The molecule has 7 rings (SSSR count). The molecule has 42 heavy (non-hydrogen) atoms. The lowest BCUT2D eigenvalue weighted by Crippen LogP contribution is -2.54. The summed E-state index contributed by atoms with van der Waals surface area (Å²) < 4.78 is 0. The largest absolute Gasteiger partial charge is 0.196 e. The summed E-state index contributed by atoms with van der Waals surface area (Å²) in [5.74, 6) is 3.82. The Morgan fingerprint density at radius 2 is 0.881 bits per heavy atom. The number of rotatable bonds is 4. The third kappa shape index (κ3) is 4.63. The van der Waals surface area contributed by atoms with Crippen LogP contribution in [-0.2, 0) is 0 Å². The zero-order valence-electron chi connectivity index (χ0n) is 23.6. The number of hydrogen-bond donors (Lipinski definition) is 0. The van der Waals surface area contributed by atoms with Crippen LogP contribution in [0.5, 0.6) is 0 Å². The normalized spacial score (nSPS) is 11.3. The average Bonchev–Trinajstić information content (AvgIpc) is 3.08. The Morgan fingerprint density at radius 1 is 0.405 bits per heavy atom. The summed E-state index contributed by atoms with van der Waals surface area (Å²) in [7, 11) is -2.36. The van der Waals surface area contributed by atoms with Crippen LogP contribution < -0.4 is 10.4 Å². The van der Waals surface area contributed by atoms with Crippen LogP contribution in [-0.4, -0.2) is 8.07 Å². The van der Waals surface area contributed by atoms with Crippen LogP contribution in [0.25, 0.3) is 43.8 Å².